The van der Waals surface area contributed by atoms with E-state index in [0.29, 0.717) is 11.1 Å². The van der Waals surface area contributed by atoms with Crippen LogP contribution in [0.15, 0.2) is 30.3 Å². The number of pyridine rings is 1. The van der Waals surface area contributed by atoms with Crippen LogP contribution in [0, 0.1) is 12.7 Å². The normalized spacial score (nSPS) is 12.0. The molecule has 6 heteroatoms. The van der Waals surface area contributed by atoms with Crippen molar-refractivity contribution >= 4 is 29.1 Å². The smallest absolute Gasteiger partial charge is 0.254 e. The van der Waals surface area contributed by atoms with Gasteiger partial charge in [-0.25, -0.2) is 9.37 Å². The van der Waals surface area contributed by atoms with E-state index in [4.69, 9.17) is 23.2 Å². The molecule has 0 aliphatic rings. The molecule has 1 atom stereocenters. The minimum absolute atomic E-state index is 0.0299. The number of carbonyl (C=O) groups is 1. The van der Waals surface area contributed by atoms with Gasteiger partial charge >= 0.3 is 0 Å². The van der Waals surface area contributed by atoms with Gasteiger partial charge in [0.15, 0.2) is 0 Å². The highest BCUT2D eigenvalue weighted by atomic mass is 35.5. The molecule has 0 fully saturated rings. The second-order valence-electron chi connectivity index (χ2n) is 4.68. The highest BCUT2D eigenvalue weighted by Gasteiger charge is 2.16. The fraction of sp³-hybridized carbons (Fsp3) is 0.200. The Labute approximate surface area is 132 Å². The molecule has 1 N–H and O–H groups in total. The van der Waals surface area contributed by atoms with Crippen molar-refractivity contribution in [2.75, 3.05) is 0 Å². The number of rotatable bonds is 3. The zero-order chi connectivity index (χ0) is 15.6. The summed E-state index contributed by atoms with van der Waals surface area (Å²) in [4.78, 5) is 16.0. The number of nitrogens with zero attached hydrogens (tertiary/aromatic N) is 1. The Morgan fingerprint density at radius 1 is 1.29 bits per heavy atom. The van der Waals surface area contributed by atoms with Crippen molar-refractivity contribution in [2.24, 2.45) is 0 Å². The van der Waals surface area contributed by atoms with Crippen LogP contribution < -0.4 is 5.32 Å². The van der Waals surface area contributed by atoms with Crippen molar-refractivity contribution in [2.45, 2.75) is 19.9 Å². The molecule has 1 amide bonds. The molecule has 0 aliphatic carbocycles. The Bertz CT molecular complexity index is 691. The molecule has 0 saturated heterocycles. The molecule has 1 unspecified atom stereocenters. The third-order valence-electron chi connectivity index (χ3n) is 3.10. The molecular formula is C15H13Cl2FN2O. The monoisotopic (exact) mass is 326 g/mol. The molecular weight excluding hydrogens is 314 g/mol. The van der Waals surface area contributed by atoms with Gasteiger partial charge in [0.25, 0.3) is 5.91 Å². The molecule has 1 aromatic heterocycles. The van der Waals surface area contributed by atoms with E-state index >= 15 is 0 Å². The van der Waals surface area contributed by atoms with Crippen LogP contribution in [0.25, 0.3) is 0 Å². The third-order valence-corrected chi connectivity index (χ3v) is 3.60. The first-order valence-electron chi connectivity index (χ1n) is 6.27. The number of carbonyl (C=O) groups excluding carboxylic acids is 1. The number of aryl methyl sites for hydroxylation is 1. The predicted molar refractivity (Wildman–Crippen MR) is 81.3 cm³/mol. The van der Waals surface area contributed by atoms with E-state index in [-0.39, 0.29) is 27.7 Å². The van der Waals surface area contributed by atoms with E-state index in [1.165, 1.54) is 18.2 Å². The fourth-order valence-electron chi connectivity index (χ4n) is 1.82. The number of hydrogen-bond donors (Lipinski definition) is 1. The molecule has 110 valence electrons. The maximum Gasteiger partial charge on any atom is 0.254 e. The van der Waals surface area contributed by atoms with E-state index in [0.717, 1.165) is 0 Å². The van der Waals surface area contributed by atoms with Gasteiger partial charge in [0.2, 0.25) is 0 Å². The largest absolute Gasteiger partial charge is 0.345 e. The first-order chi connectivity index (χ1) is 9.88. The van der Waals surface area contributed by atoms with Gasteiger partial charge in [0.05, 0.1) is 11.6 Å². The van der Waals surface area contributed by atoms with Crippen molar-refractivity contribution in [3.8, 4) is 0 Å². The lowest BCUT2D eigenvalue weighted by atomic mass is 10.1. The number of aromatic nitrogens is 1. The summed E-state index contributed by atoms with van der Waals surface area (Å²) in [5.41, 5.74) is 1.45. The molecule has 0 radical (unpaired) electrons. The average molecular weight is 327 g/mol. The lowest BCUT2D eigenvalue weighted by molar-refractivity contribution is 0.0939. The maximum atomic E-state index is 13.5. The SMILES string of the molecule is Cc1ccc(C(C)NC(=O)c2ccc(Cl)nc2Cl)cc1F. The lowest BCUT2D eigenvalue weighted by Crippen LogP contribution is -2.27. The second-order valence-corrected chi connectivity index (χ2v) is 5.42. The predicted octanol–water partition coefficient (Wildman–Crippen LogP) is 4.33. The molecule has 3 nitrogen and oxygen atoms in total. The molecule has 21 heavy (non-hydrogen) atoms. The van der Waals surface area contributed by atoms with Crippen molar-refractivity contribution in [1.82, 2.24) is 10.3 Å². The standard InChI is InChI=1S/C15H13Cl2FN2O/c1-8-3-4-10(7-12(8)18)9(2)19-15(21)11-5-6-13(16)20-14(11)17/h3-7,9H,1-2H3,(H,19,21). The number of nitrogens with one attached hydrogen (secondary N) is 1. The molecule has 0 aliphatic heterocycles. The molecule has 2 aromatic rings. The number of halogens is 3. The van der Waals surface area contributed by atoms with E-state index in [1.54, 1.807) is 26.0 Å². The molecule has 2 rings (SSSR count). The Morgan fingerprint density at radius 3 is 2.62 bits per heavy atom. The zero-order valence-corrected chi connectivity index (χ0v) is 13.0. The van der Waals surface area contributed by atoms with Gasteiger partial charge in [0.1, 0.15) is 16.1 Å². The van der Waals surface area contributed by atoms with E-state index in [1.807, 2.05) is 0 Å². The van der Waals surface area contributed by atoms with Crippen molar-refractivity contribution < 1.29 is 9.18 Å². The highest BCUT2D eigenvalue weighted by molar-refractivity contribution is 6.34. The van der Waals surface area contributed by atoms with Crippen LogP contribution in [-0.4, -0.2) is 10.9 Å². The van der Waals surface area contributed by atoms with Gasteiger partial charge in [-0.05, 0) is 43.2 Å². The summed E-state index contributed by atoms with van der Waals surface area (Å²) in [5.74, 6) is -0.697. The van der Waals surface area contributed by atoms with Crippen LogP contribution in [0.3, 0.4) is 0 Å². The van der Waals surface area contributed by atoms with Gasteiger partial charge in [-0.15, -0.1) is 0 Å². The maximum absolute atomic E-state index is 13.5. The van der Waals surface area contributed by atoms with Crippen molar-refractivity contribution in [3.63, 3.8) is 0 Å². The van der Waals surface area contributed by atoms with E-state index < -0.39 is 5.91 Å². The Hall–Kier alpha value is -1.65. The number of hydrogen-bond acceptors (Lipinski definition) is 2. The molecule has 1 heterocycles. The third kappa shape index (κ3) is 3.71. The van der Waals surface area contributed by atoms with Gasteiger partial charge < -0.3 is 5.32 Å². The Kier molecular flexibility index (Phi) is 4.80. The van der Waals surface area contributed by atoms with Crippen LogP contribution in [0.1, 0.15) is 34.5 Å². The van der Waals surface area contributed by atoms with Crippen LogP contribution in [0.4, 0.5) is 4.39 Å². The van der Waals surface area contributed by atoms with Gasteiger partial charge in [0, 0.05) is 0 Å². The summed E-state index contributed by atoms with van der Waals surface area (Å²) in [6, 6.07) is 7.46. The minimum Gasteiger partial charge on any atom is -0.345 e. The quantitative estimate of drug-likeness (QED) is 0.853. The summed E-state index contributed by atoms with van der Waals surface area (Å²) in [6.07, 6.45) is 0. The second kappa shape index (κ2) is 6.41. The van der Waals surface area contributed by atoms with Crippen molar-refractivity contribution in [3.05, 3.63) is 63.1 Å². The topological polar surface area (TPSA) is 42.0 Å². The van der Waals surface area contributed by atoms with Crippen LogP contribution in [-0.2, 0) is 0 Å². The van der Waals surface area contributed by atoms with Gasteiger partial charge in [-0.2, -0.15) is 0 Å². The minimum atomic E-state index is -0.391. The van der Waals surface area contributed by atoms with E-state index in [2.05, 4.69) is 10.3 Å². The van der Waals surface area contributed by atoms with Gasteiger partial charge in [-0.3, -0.25) is 4.79 Å². The molecule has 0 saturated carbocycles. The van der Waals surface area contributed by atoms with Crippen molar-refractivity contribution in [1.29, 1.82) is 0 Å². The summed E-state index contributed by atoms with van der Waals surface area (Å²) >= 11 is 11.6. The average Bonchev–Trinajstić information content (AvgIpc) is 2.41. The first kappa shape index (κ1) is 15.7. The summed E-state index contributed by atoms with van der Waals surface area (Å²) < 4.78 is 13.5. The summed E-state index contributed by atoms with van der Waals surface area (Å²) in [5, 5.41) is 2.99. The first-order valence-corrected chi connectivity index (χ1v) is 7.03. The highest BCUT2D eigenvalue weighted by Crippen LogP contribution is 2.20. The summed E-state index contributed by atoms with van der Waals surface area (Å²) in [6.45, 7) is 3.45. The molecule has 1 aromatic carbocycles. The van der Waals surface area contributed by atoms with Crippen LogP contribution >= 0.6 is 23.2 Å². The molecule has 0 spiro atoms. The Morgan fingerprint density at radius 2 is 2.00 bits per heavy atom. The fourth-order valence-corrected chi connectivity index (χ4v) is 2.25. The van der Waals surface area contributed by atoms with E-state index in [9.17, 15) is 9.18 Å². The van der Waals surface area contributed by atoms with Crippen LogP contribution in [0.5, 0.6) is 0 Å². The van der Waals surface area contributed by atoms with Gasteiger partial charge in [-0.1, -0.05) is 35.3 Å². The summed E-state index contributed by atoms with van der Waals surface area (Å²) in [7, 11) is 0. The molecule has 0 bridgehead atoms. The Balaban J connectivity index is 2.16. The van der Waals surface area contributed by atoms with Crippen LogP contribution in [0.2, 0.25) is 10.3 Å². The number of amides is 1. The lowest BCUT2D eigenvalue weighted by Gasteiger charge is -2.15. The number of benzene rings is 1. The zero-order valence-electron chi connectivity index (χ0n) is 11.5.